The van der Waals surface area contributed by atoms with Crippen LogP contribution in [-0.4, -0.2) is 23.6 Å². The Bertz CT molecular complexity index is 838. The molecule has 0 spiro atoms. The maximum Gasteiger partial charge on any atom is 0.196 e. The van der Waals surface area contributed by atoms with Crippen molar-refractivity contribution in [1.82, 2.24) is 0 Å². The highest BCUT2D eigenvalue weighted by Crippen LogP contribution is 2.31. The van der Waals surface area contributed by atoms with Gasteiger partial charge in [0.1, 0.15) is 0 Å². The lowest BCUT2D eigenvalue weighted by molar-refractivity contribution is -0.110. The van der Waals surface area contributed by atoms with Crippen LogP contribution in [0.25, 0.3) is 0 Å². The molecule has 0 aromatic heterocycles. The number of hydrogen-bond donors (Lipinski definition) is 1. The van der Waals surface area contributed by atoms with Crippen LogP contribution in [0.5, 0.6) is 0 Å². The van der Waals surface area contributed by atoms with Crippen LogP contribution in [0.4, 0.5) is 5.69 Å². The number of hydrogen-bond acceptors (Lipinski definition) is 5. The molecule has 0 heterocycles. The van der Waals surface area contributed by atoms with Gasteiger partial charge in [-0.1, -0.05) is 36.4 Å². The number of Topliss-reactive ketones (excluding diaryl/α,β-unsaturated/α-hetero) is 1. The first-order chi connectivity index (χ1) is 10.6. The molecule has 0 saturated carbocycles. The van der Waals surface area contributed by atoms with E-state index < -0.39 is 0 Å². The highest BCUT2D eigenvalue weighted by atomic mass is 16.1. The van der Waals surface area contributed by atoms with Crippen LogP contribution in [0.1, 0.15) is 38.8 Å². The third kappa shape index (κ3) is 2.22. The Hall–Kier alpha value is -3.08. The van der Waals surface area contributed by atoms with Crippen LogP contribution < -0.4 is 5.43 Å². The summed E-state index contributed by atoms with van der Waals surface area (Å²) in [5.74, 6) is -0.638. The van der Waals surface area contributed by atoms with Crippen LogP contribution in [0.3, 0.4) is 0 Å². The van der Waals surface area contributed by atoms with Crippen molar-refractivity contribution in [2.75, 3.05) is 5.43 Å². The summed E-state index contributed by atoms with van der Waals surface area (Å²) in [6.07, 6.45) is 1.11. The van der Waals surface area contributed by atoms with Gasteiger partial charge in [-0.2, -0.15) is 5.10 Å². The lowest BCUT2D eigenvalue weighted by atomic mass is 9.83. The molecule has 2 aromatic rings. The number of carbonyl (C=O) groups is 3. The summed E-state index contributed by atoms with van der Waals surface area (Å²) < 4.78 is 0. The third-order valence-corrected chi connectivity index (χ3v) is 3.38. The van der Waals surface area contributed by atoms with Crippen molar-refractivity contribution < 1.29 is 14.4 Å². The average Bonchev–Trinajstić information content (AvgIpc) is 2.52. The van der Waals surface area contributed by atoms with Gasteiger partial charge in [0.25, 0.3) is 0 Å². The minimum atomic E-state index is -0.230. The van der Waals surface area contributed by atoms with Crippen LogP contribution in [0, 0.1) is 0 Å². The Balaban J connectivity index is 2.11. The van der Waals surface area contributed by atoms with Gasteiger partial charge in [-0.05, 0) is 6.07 Å². The Morgan fingerprint density at radius 2 is 1.59 bits per heavy atom. The molecule has 5 heteroatoms. The Labute approximate surface area is 126 Å². The Morgan fingerprint density at radius 1 is 0.955 bits per heavy atom. The second-order valence-electron chi connectivity index (χ2n) is 4.91. The van der Waals surface area contributed by atoms with E-state index in [9.17, 15) is 14.4 Å². The molecule has 0 saturated heterocycles. The van der Waals surface area contributed by atoms with Gasteiger partial charge < -0.3 is 0 Å². The topological polar surface area (TPSA) is 75.6 Å². The van der Waals surface area contributed by atoms with Crippen molar-refractivity contribution in [1.29, 1.82) is 0 Å². The number of rotatable bonds is 3. The fourth-order valence-corrected chi connectivity index (χ4v) is 2.43. The summed E-state index contributed by atoms with van der Waals surface area (Å²) in [5.41, 5.74) is 4.48. The molecule has 1 aliphatic rings. The van der Waals surface area contributed by atoms with Gasteiger partial charge in [-0.15, -0.1) is 0 Å². The molecule has 1 aliphatic carbocycles. The molecule has 0 amide bonds. The monoisotopic (exact) mass is 292 g/mol. The van der Waals surface area contributed by atoms with Crippen LogP contribution >= 0.6 is 0 Å². The number of carbonyl (C=O) groups excluding carboxylic acids is 3. The highest BCUT2D eigenvalue weighted by Gasteiger charge is 2.31. The van der Waals surface area contributed by atoms with Crippen molar-refractivity contribution in [3.8, 4) is 0 Å². The fourth-order valence-electron chi connectivity index (χ4n) is 2.43. The van der Waals surface area contributed by atoms with E-state index in [0.717, 1.165) is 6.21 Å². The minimum Gasteiger partial charge on any atom is -0.293 e. The number of hydrazone groups is 1. The first-order valence-corrected chi connectivity index (χ1v) is 6.70. The zero-order chi connectivity index (χ0) is 15.7. The summed E-state index contributed by atoms with van der Waals surface area (Å²) in [6.45, 7) is 1.37. The van der Waals surface area contributed by atoms with Gasteiger partial charge in [0.2, 0.25) is 0 Å². The summed E-state index contributed by atoms with van der Waals surface area (Å²) in [4.78, 5) is 36.1. The van der Waals surface area contributed by atoms with Gasteiger partial charge in [0.15, 0.2) is 17.3 Å². The largest absolute Gasteiger partial charge is 0.293 e. The quantitative estimate of drug-likeness (QED) is 0.594. The standard InChI is InChI=1S/C17H12N2O3/c1-10(20)9-18-19-14-8-4-7-13-15(14)17(22)12-6-3-2-5-11(12)16(13)21/h2-9,19H,1H3. The molecule has 0 radical (unpaired) electrons. The maximum atomic E-state index is 12.7. The fraction of sp³-hybridized carbons (Fsp3) is 0.0588. The smallest absolute Gasteiger partial charge is 0.196 e. The second-order valence-corrected chi connectivity index (χ2v) is 4.91. The molecule has 0 bridgehead atoms. The highest BCUT2D eigenvalue weighted by molar-refractivity contribution is 6.30. The van der Waals surface area contributed by atoms with Gasteiger partial charge in [0.05, 0.1) is 17.5 Å². The lowest BCUT2D eigenvalue weighted by Crippen LogP contribution is -2.22. The van der Waals surface area contributed by atoms with Crippen molar-refractivity contribution >= 4 is 29.3 Å². The van der Waals surface area contributed by atoms with E-state index in [-0.39, 0.29) is 22.9 Å². The molecule has 108 valence electrons. The molecule has 0 atom stereocenters. The van der Waals surface area contributed by atoms with Crippen molar-refractivity contribution in [2.45, 2.75) is 6.92 Å². The van der Waals surface area contributed by atoms with Gasteiger partial charge in [-0.25, -0.2) is 0 Å². The predicted octanol–water partition coefficient (Wildman–Crippen LogP) is 2.45. The maximum absolute atomic E-state index is 12.7. The summed E-state index contributed by atoms with van der Waals surface area (Å²) in [7, 11) is 0. The van der Waals surface area contributed by atoms with E-state index >= 15 is 0 Å². The number of anilines is 1. The minimum absolute atomic E-state index is 0.190. The zero-order valence-corrected chi connectivity index (χ0v) is 11.8. The summed E-state index contributed by atoms with van der Waals surface area (Å²) in [5, 5.41) is 3.78. The Kier molecular flexibility index (Phi) is 3.39. The number of nitrogens with one attached hydrogen (secondary N) is 1. The SMILES string of the molecule is CC(=O)C=NNc1cccc2c1C(=O)c1ccccc1C2=O. The molecule has 5 nitrogen and oxygen atoms in total. The van der Waals surface area contributed by atoms with Crippen molar-refractivity contribution in [2.24, 2.45) is 5.10 Å². The number of ketones is 3. The molecule has 22 heavy (non-hydrogen) atoms. The van der Waals surface area contributed by atoms with E-state index in [4.69, 9.17) is 0 Å². The van der Waals surface area contributed by atoms with Crippen LogP contribution in [0.15, 0.2) is 47.6 Å². The van der Waals surface area contributed by atoms with E-state index in [0.29, 0.717) is 22.4 Å². The van der Waals surface area contributed by atoms with Crippen molar-refractivity contribution in [3.05, 3.63) is 64.7 Å². The number of fused-ring (bicyclic) bond motifs is 2. The molecule has 0 aliphatic heterocycles. The number of nitrogens with zero attached hydrogens (tertiary/aromatic N) is 1. The second kappa shape index (κ2) is 5.37. The zero-order valence-electron chi connectivity index (χ0n) is 11.8. The first kappa shape index (κ1) is 13.9. The van der Waals surface area contributed by atoms with E-state index in [2.05, 4.69) is 10.5 Å². The predicted molar refractivity (Wildman–Crippen MR) is 82.5 cm³/mol. The van der Waals surface area contributed by atoms with Crippen LogP contribution in [0.2, 0.25) is 0 Å². The molecular weight excluding hydrogens is 280 g/mol. The summed E-state index contributed by atoms with van der Waals surface area (Å²) in [6, 6.07) is 11.7. The molecule has 0 fully saturated rings. The van der Waals surface area contributed by atoms with Gasteiger partial charge in [-0.3, -0.25) is 19.8 Å². The van der Waals surface area contributed by atoms with Gasteiger partial charge >= 0.3 is 0 Å². The molecule has 2 aromatic carbocycles. The Morgan fingerprint density at radius 3 is 2.27 bits per heavy atom. The molecular formula is C17H12N2O3. The molecule has 3 rings (SSSR count). The van der Waals surface area contributed by atoms with E-state index in [1.54, 1.807) is 42.5 Å². The van der Waals surface area contributed by atoms with Crippen LogP contribution in [-0.2, 0) is 4.79 Å². The average molecular weight is 292 g/mol. The number of benzene rings is 2. The van der Waals surface area contributed by atoms with E-state index in [1.165, 1.54) is 6.92 Å². The molecule has 1 N–H and O–H groups in total. The first-order valence-electron chi connectivity index (χ1n) is 6.70. The molecule has 0 unspecified atom stereocenters. The van der Waals surface area contributed by atoms with E-state index in [1.807, 2.05) is 0 Å². The normalized spacial score (nSPS) is 13.0. The lowest BCUT2D eigenvalue weighted by Gasteiger charge is -2.19. The van der Waals surface area contributed by atoms with Gasteiger partial charge in [0, 0.05) is 23.6 Å². The van der Waals surface area contributed by atoms with Crippen molar-refractivity contribution in [3.63, 3.8) is 0 Å². The third-order valence-electron chi connectivity index (χ3n) is 3.38. The summed E-state index contributed by atoms with van der Waals surface area (Å²) >= 11 is 0.